The zero-order valence-corrected chi connectivity index (χ0v) is 16.3. The molecule has 158 valence electrons. The first kappa shape index (κ1) is 20.5. The molecule has 0 bridgehead atoms. The summed E-state index contributed by atoms with van der Waals surface area (Å²) in [6.07, 6.45) is -2.45. The molecule has 0 radical (unpaired) electrons. The van der Waals surface area contributed by atoms with E-state index in [9.17, 15) is 19.8 Å². The van der Waals surface area contributed by atoms with Crippen LogP contribution in [0.4, 0.5) is 0 Å². The number of nitrogens with two attached hydrogens (primary N) is 2. The monoisotopic (exact) mass is 412 g/mol. The van der Waals surface area contributed by atoms with Crippen LogP contribution >= 0.6 is 0 Å². The number of rotatable bonds is 5. The van der Waals surface area contributed by atoms with Crippen molar-refractivity contribution in [2.45, 2.75) is 49.3 Å². The van der Waals surface area contributed by atoms with Gasteiger partial charge >= 0.3 is 11.9 Å². The highest BCUT2D eigenvalue weighted by molar-refractivity contribution is 5.85. The molecule has 4 rings (SSSR count). The summed E-state index contributed by atoms with van der Waals surface area (Å²) in [6, 6.07) is 14.5. The number of aliphatic hydroxyl groups is 2. The van der Waals surface area contributed by atoms with Crippen molar-refractivity contribution < 1.29 is 29.3 Å². The fourth-order valence-corrected chi connectivity index (χ4v) is 4.16. The van der Waals surface area contributed by atoms with Crippen LogP contribution in [-0.2, 0) is 43.4 Å². The fourth-order valence-electron chi connectivity index (χ4n) is 4.16. The molecule has 8 nitrogen and oxygen atoms in total. The number of benzene rings is 2. The van der Waals surface area contributed by atoms with Gasteiger partial charge in [0, 0.05) is 24.0 Å². The third-order valence-corrected chi connectivity index (χ3v) is 5.83. The Labute approximate surface area is 173 Å². The normalized spacial score (nSPS) is 26.4. The van der Waals surface area contributed by atoms with Crippen molar-refractivity contribution in [3.05, 3.63) is 70.8 Å². The number of aliphatic hydroxyl groups excluding tert-OH is 2. The van der Waals surface area contributed by atoms with E-state index in [4.69, 9.17) is 20.9 Å². The largest absolute Gasteiger partial charge is 0.438 e. The van der Waals surface area contributed by atoms with E-state index in [2.05, 4.69) is 0 Å². The lowest BCUT2D eigenvalue weighted by molar-refractivity contribution is -0.190. The van der Waals surface area contributed by atoms with Gasteiger partial charge in [-0.15, -0.1) is 0 Å². The fraction of sp³-hybridized carbons (Fsp3) is 0.364. The molecule has 4 unspecified atom stereocenters. The molecule has 0 spiro atoms. The Bertz CT molecular complexity index is 916. The van der Waals surface area contributed by atoms with Gasteiger partial charge in [0.2, 0.25) is 0 Å². The molecule has 8 heteroatoms. The zero-order chi connectivity index (χ0) is 21.5. The summed E-state index contributed by atoms with van der Waals surface area (Å²) in [6.45, 7) is 0. The molecule has 0 fully saturated rings. The number of hydrogen-bond donors (Lipinski definition) is 4. The van der Waals surface area contributed by atoms with E-state index in [1.54, 1.807) is 24.3 Å². The van der Waals surface area contributed by atoms with Gasteiger partial charge in [0.25, 0.3) is 0 Å². The summed E-state index contributed by atoms with van der Waals surface area (Å²) in [5.74, 6) is -2.42. The Morgan fingerprint density at radius 1 is 0.767 bits per heavy atom. The Morgan fingerprint density at radius 2 is 1.13 bits per heavy atom. The molecule has 2 aliphatic carbocycles. The number of fused-ring (bicyclic) bond motifs is 2. The second-order valence-corrected chi connectivity index (χ2v) is 7.83. The molecule has 0 saturated heterocycles. The standard InChI is InChI=1S/C22H24N2O6/c23-21(11-9-13-5-1-3-7-15(13)21)29-19(27)17(25)18(26)20(28)30-22(24)12-10-14-6-2-4-8-16(14)22/h1-8,17-18,25-26H,9-12,23-24H2. The number of carbonyl (C=O) groups is 2. The van der Waals surface area contributed by atoms with E-state index < -0.39 is 35.6 Å². The van der Waals surface area contributed by atoms with Crippen LogP contribution in [0.25, 0.3) is 0 Å². The Morgan fingerprint density at radius 3 is 1.53 bits per heavy atom. The van der Waals surface area contributed by atoms with Gasteiger partial charge in [0.15, 0.2) is 23.7 Å². The van der Waals surface area contributed by atoms with Gasteiger partial charge in [0.05, 0.1) is 0 Å². The topological polar surface area (TPSA) is 145 Å². The minimum absolute atomic E-state index is 0.327. The molecule has 0 saturated carbocycles. The van der Waals surface area contributed by atoms with Gasteiger partial charge in [-0.1, -0.05) is 48.5 Å². The van der Waals surface area contributed by atoms with Gasteiger partial charge < -0.3 is 19.7 Å². The van der Waals surface area contributed by atoms with Crippen molar-refractivity contribution in [1.29, 1.82) is 0 Å². The van der Waals surface area contributed by atoms with Crippen LogP contribution in [0.2, 0.25) is 0 Å². The predicted molar refractivity (Wildman–Crippen MR) is 105 cm³/mol. The second-order valence-electron chi connectivity index (χ2n) is 7.83. The van der Waals surface area contributed by atoms with E-state index in [1.165, 1.54) is 0 Å². The lowest BCUT2D eigenvalue weighted by Crippen LogP contribution is -2.50. The molecule has 6 N–H and O–H groups in total. The SMILES string of the molecule is NC1(OC(=O)C(O)C(O)C(=O)OC2(N)CCc3ccccc32)CCc2ccccc21. The number of hydrogen-bond acceptors (Lipinski definition) is 8. The highest BCUT2D eigenvalue weighted by atomic mass is 16.6. The molecule has 4 atom stereocenters. The van der Waals surface area contributed by atoms with E-state index in [0.29, 0.717) is 36.8 Å². The molecular formula is C22H24N2O6. The average Bonchev–Trinajstić information content (AvgIpc) is 3.25. The summed E-state index contributed by atoms with van der Waals surface area (Å²) in [5.41, 5.74) is 12.7. The molecule has 2 aromatic rings. The summed E-state index contributed by atoms with van der Waals surface area (Å²) in [7, 11) is 0. The van der Waals surface area contributed by atoms with E-state index in [1.807, 2.05) is 24.3 Å². The van der Waals surface area contributed by atoms with Crippen LogP contribution in [0, 0.1) is 0 Å². The number of ether oxygens (including phenoxy) is 2. The van der Waals surface area contributed by atoms with Crippen LogP contribution in [0.3, 0.4) is 0 Å². The minimum Gasteiger partial charge on any atom is -0.438 e. The van der Waals surface area contributed by atoms with Crippen molar-refractivity contribution in [2.75, 3.05) is 0 Å². The number of aryl methyl sites for hydroxylation is 2. The molecule has 2 aromatic carbocycles. The Balaban J connectivity index is 1.43. The highest BCUT2D eigenvalue weighted by Crippen LogP contribution is 2.37. The maximum absolute atomic E-state index is 12.4. The van der Waals surface area contributed by atoms with E-state index in [-0.39, 0.29) is 0 Å². The van der Waals surface area contributed by atoms with Crippen molar-refractivity contribution in [3.8, 4) is 0 Å². The first-order valence-electron chi connectivity index (χ1n) is 9.80. The maximum atomic E-state index is 12.4. The molecule has 0 aromatic heterocycles. The number of carbonyl (C=O) groups excluding carboxylic acids is 2. The number of esters is 2. The third-order valence-electron chi connectivity index (χ3n) is 5.83. The van der Waals surface area contributed by atoms with Crippen LogP contribution < -0.4 is 11.5 Å². The van der Waals surface area contributed by atoms with Crippen molar-refractivity contribution in [3.63, 3.8) is 0 Å². The first-order chi connectivity index (χ1) is 14.2. The van der Waals surface area contributed by atoms with Crippen LogP contribution in [0.1, 0.15) is 35.1 Å². The van der Waals surface area contributed by atoms with Gasteiger partial charge in [-0.05, 0) is 24.0 Å². The second kappa shape index (κ2) is 7.48. The van der Waals surface area contributed by atoms with Crippen molar-refractivity contribution in [1.82, 2.24) is 0 Å². The third kappa shape index (κ3) is 3.48. The summed E-state index contributed by atoms with van der Waals surface area (Å²) in [5, 5.41) is 20.4. The molecule has 0 heterocycles. The van der Waals surface area contributed by atoms with Crippen molar-refractivity contribution in [2.24, 2.45) is 11.5 Å². The summed E-state index contributed by atoms with van der Waals surface area (Å²) >= 11 is 0. The molecule has 2 aliphatic rings. The smallest absolute Gasteiger partial charge is 0.340 e. The molecule has 0 aliphatic heterocycles. The molecular weight excluding hydrogens is 388 g/mol. The lowest BCUT2D eigenvalue weighted by Gasteiger charge is -2.29. The van der Waals surface area contributed by atoms with Crippen molar-refractivity contribution >= 4 is 11.9 Å². The predicted octanol–water partition coefficient (Wildman–Crippen LogP) is 0.310. The summed E-state index contributed by atoms with van der Waals surface area (Å²) in [4.78, 5) is 24.8. The van der Waals surface area contributed by atoms with Gasteiger partial charge in [-0.3, -0.25) is 11.5 Å². The van der Waals surface area contributed by atoms with E-state index in [0.717, 1.165) is 11.1 Å². The minimum atomic E-state index is -2.16. The first-order valence-corrected chi connectivity index (χ1v) is 9.80. The Kier molecular flexibility index (Phi) is 5.11. The van der Waals surface area contributed by atoms with Crippen LogP contribution in [0.15, 0.2) is 48.5 Å². The average molecular weight is 412 g/mol. The lowest BCUT2D eigenvalue weighted by atomic mass is 10.1. The quantitative estimate of drug-likeness (QED) is 0.406. The van der Waals surface area contributed by atoms with Gasteiger partial charge in [0.1, 0.15) is 0 Å². The van der Waals surface area contributed by atoms with E-state index >= 15 is 0 Å². The van der Waals surface area contributed by atoms with Crippen LogP contribution in [-0.4, -0.2) is 34.4 Å². The summed E-state index contributed by atoms with van der Waals surface area (Å²) < 4.78 is 10.6. The molecule has 0 amide bonds. The zero-order valence-electron chi connectivity index (χ0n) is 16.3. The van der Waals surface area contributed by atoms with Gasteiger partial charge in [-0.2, -0.15) is 0 Å². The van der Waals surface area contributed by atoms with Crippen LogP contribution in [0.5, 0.6) is 0 Å². The highest BCUT2D eigenvalue weighted by Gasteiger charge is 2.45. The maximum Gasteiger partial charge on any atom is 0.340 e. The van der Waals surface area contributed by atoms with Gasteiger partial charge in [-0.25, -0.2) is 9.59 Å². The Hall–Kier alpha value is -2.78. The molecule has 30 heavy (non-hydrogen) atoms.